The minimum absolute atomic E-state index is 0. The molecule has 7 heteroatoms. The van der Waals surface area contributed by atoms with E-state index in [4.69, 9.17) is 4.74 Å². The van der Waals surface area contributed by atoms with E-state index in [1.807, 2.05) is 13.8 Å². The molecule has 1 aromatic carbocycles. The molecule has 0 aromatic heterocycles. The van der Waals surface area contributed by atoms with Gasteiger partial charge in [-0.3, -0.25) is 4.99 Å². The van der Waals surface area contributed by atoms with Gasteiger partial charge in [-0.2, -0.15) is 0 Å². The van der Waals surface area contributed by atoms with Crippen molar-refractivity contribution in [1.82, 2.24) is 10.6 Å². The summed E-state index contributed by atoms with van der Waals surface area (Å²) >= 11 is 0. The quantitative estimate of drug-likeness (QED) is 0.400. The lowest BCUT2D eigenvalue weighted by atomic mass is 10.1. The lowest BCUT2D eigenvalue weighted by molar-refractivity contribution is 0.179. The van der Waals surface area contributed by atoms with E-state index < -0.39 is 11.6 Å². The predicted molar refractivity (Wildman–Crippen MR) is 95.9 cm³/mol. The van der Waals surface area contributed by atoms with Crippen LogP contribution in [0.4, 0.5) is 8.78 Å². The third kappa shape index (κ3) is 7.35. The molecule has 0 aliphatic heterocycles. The summed E-state index contributed by atoms with van der Waals surface area (Å²) in [6.07, 6.45) is 0.346. The maximum Gasteiger partial charge on any atom is 0.191 e. The van der Waals surface area contributed by atoms with Crippen molar-refractivity contribution in [3.8, 4) is 0 Å². The summed E-state index contributed by atoms with van der Waals surface area (Å²) in [6, 6.07) is 4.29. The van der Waals surface area contributed by atoms with E-state index in [-0.39, 0.29) is 30.0 Å². The molecule has 0 saturated carbocycles. The van der Waals surface area contributed by atoms with E-state index in [1.165, 1.54) is 6.07 Å². The standard InChI is InChI=1S/C15H23F2N3O.HI/c1-4-18-15(20-11(2)10-21-3)19-9-8-12-6-5-7-13(16)14(12)17;/h5-7,11H,4,8-10H2,1-3H3,(H2,18,19,20);1H. The smallest absolute Gasteiger partial charge is 0.191 e. The SMILES string of the molecule is CCNC(=NCCc1cccc(F)c1F)NC(C)COC.I. The molecule has 4 nitrogen and oxygen atoms in total. The van der Waals surface area contributed by atoms with Gasteiger partial charge in [-0.05, 0) is 31.9 Å². The fourth-order valence-corrected chi connectivity index (χ4v) is 1.87. The van der Waals surface area contributed by atoms with Crippen LogP contribution in [0.15, 0.2) is 23.2 Å². The highest BCUT2D eigenvalue weighted by atomic mass is 127. The van der Waals surface area contributed by atoms with E-state index in [9.17, 15) is 8.78 Å². The number of ether oxygens (including phenoxy) is 1. The zero-order chi connectivity index (χ0) is 15.7. The van der Waals surface area contributed by atoms with Crippen LogP contribution in [0.2, 0.25) is 0 Å². The second-order valence-electron chi connectivity index (χ2n) is 4.72. The number of hydrogen-bond donors (Lipinski definition) is 2. The summed E-state index contributed by atoms with van der Waals surface area (Å²) in [5, 5.41) is 6.28. The monoisotopic (exact) mass is 427 g/mol. The van der Waals surface area contributed by atoms with Crippen molar-refractivity contribution < 1.29 is 13.5 Å². The fourth-order valence-electron chi connectivity index (χ4n) is 1.87. The van der Waals surface area contributed by atoms with Gasteiger partial charge in [0.25, 0.3) is 0 Å². The second kappa shape index (κ2) is 11.6. The Hall–Kier alpha value is -0.960. The van der Waals surface area contributed by atoms with Crippen molar-refractivity contribution in [1.29, 1.82) is 0 Å². The summed E-state index contributed by atoms with van der Waals surface area (Å²) in [5.41, 5.74) is 0.333. The number of guanidine groups is 1. The van der Waals surface area contributed by atoms with Gasteiger partial charge in [0, 0.05) is 26.2 Å². The molecule has 0 aliphatic rings. The zero-order valence-corrected chi connectivity index (χ0v) is 15.5. The number of rotatable bonds is 7. The van der Waals surface area contributed by atoms with E-state index in [0.29, 0.717) is 31.1 Å². The van der Waals surface area contributed by atoms with Gasteiger partial charge in [0.05, 0.1) is 6.61 Å². The Morgan fingerprint density at radius 2 is 2.09 bits per heavy atom. The third-order valence-electron chi connectivity index (χ3n) is 2.83. The Bertz CT molecular complexity index is 472. The molecule has 0 radical (unpaired) electrons. The number of hydrogen-bond acceptors (Lipinski definition) is 2. The van der Waals surface area contributed by atoms with Crippen molar-refractivity contribution in [3.63, 3.8) is 0 Å². The molecule has 1 unspecified atom stereocenters. The average Bonchev–Trinajstić information content (AvgIpc) is 2.44. The summed E-state index contributed by atoms with van der Waals surface area (Å²) in [5.74, 6) is -0.979. The van der Waals surface area contributed by atoms with Gasteiger partial charge in [-0.1, -0.05) is 12.1 Å². The van der Waals surface area contributed by atoms with Crippen LogP contribution in [0.5, 0.6) is 0 Å². The van der Waals surface area contributed by atoms with Gasteiger partial charge < -0.3 is 15.4 Å². The topological polar surface area (TPSA) is 45.7 Å². The number of nitrogens with one attached hydrogen (secondary N) is 2. The van der Waals surface area contributed by atoms with Crippen LogP contribution in [0.25, 0.3) is 0 Å². The Morgan fingerprint density at radius 1 is 1.36 bits per heavy atom. The summed E-state index contributed by atoms with van der Waals surface area (Å²) in [6.45, 7) is 5.59. The highest BCUT2D eigenvalue weighted by Crippen LogP contribution is 2.11. The van der Waals surface area contributed by atoms with E-state index in [1.54, 1.807) is 13.2 Å². The number of halogens is 3. The van der Waals surface area contributed by atoms with Crippen LogP contribution in [0.3, 0.4) is 0 Å². The van der Waals surface area contributed by atoms with Crippen molar-refractivity contribution >= 4 is 29.9 Å². The molecule has 0 spiro atoms. The van der Waals surface area contributed by atoms with Gasteiger partial charge in [0.2, 0.25) is 0 Å². The molecule has 126 valence electrons. The molecule has 1 aromatic rings. The lowest BCUT2D eigenvalue weighted by Crippen LogP contribution is -2.44. The van der Waals surface area contributed by atoms with Crippen LogP contribution in [0.1, 0.15) is 19.4 Å². The molecular formula is C15H24F2IN3O. The third-order valence-corrected chi connectivity index (χ3v) is 2.83. The average molecular weight is 427 g/mol. The normalized spacial score (nSPS) is 12.5. The van der Waals surface area contributed by atoms with Crippen molar-refractivity contribution in [3.05, 3.63) is 35.4 Å². The van der Waals surface area contributed by atoms with Gasteiger partial charge in [0.1, 0.15) is 0 Å². The summed E-state index contributed by atoms with van der Waals surface area (Å²) in [7, 11) is 1.63. The molecule has 0 fully saturated rings. The van der Waals surface area contributed by atoms with Crippen molar-refractivity contribution in [2.24, 2.45) is 4.99 Å². The molecule has 2 N–H and O–H groups in total. The first-order chi connectivity index (χ1) is 10.1. The fraction of sp³-hybridized carbons (Fsp3) is 0.533. The number of methoxy groups -OCH3 is 1. The largest absolute Gasteiger partial charge is 0.383 e. The van der Waals surface area contributed by atoms with Crippen LogP contribution in [-0.2, 0) is 11.2 Å². The Kier molecular flexibility index (Phi) is 11.1. The highest BCUT2D eigenvalue weighted by molar-refractivity contribution is 14.0. The van der Waals surface area contributed by atoms with Crippen molar-refractivity contribution in [2.45, 2.75) is 26.3 Å². The number of nitrogens with zero attached hydrogens (tertiary/aromatic N) is 1. The van der Waals surface area contributed by atoms with Crippen LogP contribution in [-0.4, -0.2) is 38.8 Å². The second-order valence-corrected chi connectivity index (χ2v) is 4.72. The Labute approximate surface area is 147 Å². The molecule has 0 bridgehead atoms. The minimum Gasteiger partial charge on any atom is -0.383 e. The molecule has 1 atom stereocenters. The zero-order valence-electron chi connectivity index (χ0n) is 13.2. The first-order valence-corrected chi connectivity index (χ1v) is 7.05. The van der Waals surface area contributed by atoms with Crippen LogP contribution < -0.4 is 10.6 Å². The lowest BCUT2D eigenvalue weighted by Gasteiger charge is -2.17. The molecule has 22 heavy (non-hydrogen) atoms. The predicted octanol–water partition coefficient (Wildman–Crippen LogP) is 2.72. The minimum atomic E-state index is -0.824. The summed E-state index contributed by atoms with van der Waals surface area (Å²) in [4.78, 5) is 4.35. The Balaban J connectivity index is 0.00000441. The first kappa shape index (κ1) is 21.0. The van der Waals surface area contributed by atoms with Crippen LogP contribution in [0, 0.1) is 11.6 Å². The maximum atomic E-state index is 13.5. The van der Waals surface area contributed by atoms with Crippen molar-refractivity contribution in [2.75, 3.05) is 26.8 Å². The molecular weight excluding hydrogens is 403 g/mol. The van der Waals surface area contributed by atoms with E-state index in [0.717, 1.165) is 12.6 Å². The van der Waals surface area contributed by atoms with E-state index >= 15 is 0 Å². The van der Waals surface area contributed by atoms with Gasteiger partial charge >= 0.3 is 0 Å². The van der Waals surface area contributed by atoms with Gasteiger partial charge in [0.15, 0.2) is 17.6 Å². The highest BCUT2D eigenvalue weighted by Gasteiger charge is 2.08. The number of benzene rings is 1. The van der Waals surface area contributed by atoms with Crippen LogP contribution >= 0.6 is 24.0 Å². The molecule has 1 rings (SSSR count). The van der Waals surface area contributed by atoms with Gasteiger partial charge in [-0.25, -0.2) is 8.78 Å². The Morgan fingerprint density at radius 3 is 2.73 bits per heavy atom. The van der Waals surface area contributed by atoms with E-state index in [2.05, 4.69) is 15.6 Å². The summed E-state index contributed by atoms with van der Waals surface area (Å²) < 4.78 is 31.7. The molecule has 0 aliphatic carbocycles. The molecule has 0 saturated heterocycles. The number of aliphatic imine (C=N–C) groups is 1. The first-order valence-electron chi connectivity index (χ1n) is 7.05. The van der Waals surface area contributed by atoms with Gasteiger partial charge in [-0.15, -0.1) is 24.0 Å². The molecule has 0 amide bonds. The molecule has 0 heterocycles. The maximum absolute atomic E-state index is 13.5.